The summed E-state index contributed by atoms with van der Waals surface area (Å²) in [6.07, 6.45) is 4.36. The Morgan fingerprint density at radius 1 is 1.06 bits per heavy atom. The first kappa shape index (κ1) is 23.4. The maximum atomic E-state index is 13.3. The van der Waals surface area contributed by atoms with Crippen LogP contribution in [0.3, 0.4) is 0 Å². The van der Waals surface area contributed by atoms with E-state index < -0.39 is 10.0 Å². The molecule has 1 amide bonds. The Balaban J connectivity index is 1.52. The summed E-state index contributed by atoms with van der Waals surface area (Å²) in [5.41, 5.74) is 5.51. The summed E-state index contributed by atoms with van der Waals surface area (Å²) in [5.74, 6) is 0.525. The van der Waals surface area contributed by atoms with E-state index in [0.717, 1.165) is 15.9 Å². The van der Waals surface area contributed by atoms with Crippen LogP contribution < -0.4 is 5.32 Å². The molecule has 0 atom stereocenters. The molecule has 0 radical (unpaired) electrons. The largest absolute Gasteiger partial charge is 0.339 e. The number of anilines is 1. The van der Waals surface area contributed by atoms with Crippen molar-refractivity contribution < 1.29 is 17.7 Å². The van der Waals surface area contributed by atoms with Gasteiger partial charge in [0, 0.05) is 35.5 Å². The average Bonchev–Trinajstić information content (AvgIpc) is 3.51. The molecular formula is C24H23N7O4S. The second-order valence-corrected chi connectivity index (χ2v) is 10.4. The van der Waals surface area contributed by atoms with E-state index in [2.05, 4.69) is 25.5 Å². The molecular weight excluding hydrogens is 482 g/mol. The first-order valence-electron chi connectivity index (χ1n) is 11.0. The topological polar surface area (TPSA) is 137 Å². The van der Waals surface area contributed by atoms with Gasteiger partial charge < -0.3 is 9.84 Å². The van der Waals surface area contributed by atoms with E-state index >= 15 is 0 Å². The molecule has 36 heavy (non-hydrogen) atoms. The molecule has 0 unspecified atom stereocenters. The van der Waals surface area contributed by atoms with E-state index in [4.69, 9.17) is 4.52 Å². The van der Waals surface area contributed by atoms with E-state index in [1.807, 2.05) is 25.1 Å². The SMILES string of the molecule is Cc1nc(-c2ccc(C)c(NC(=O)c3cnc4ccc(-c5c(C)nn(S(C)(=O)=O)c5C)cn34)c2)no1. The van der Waals surface area contributed by atoms with Gasteiger partial charge in [-0.05, 0) is 44.5 Å². The summed E-state index contributed by atoms with van der Waals surface area (Å²) in [6.45, 7) is 7.04. The van der Waals surface area contributed by atoms with Gasteiger partial charge in [0.2, 0.25) is 11.7 Å². The number of carbonyl (C=O) groups excluding carboxylic acids is 1. The fourth-order valence-electron chi connectivity index (χ4n) is 4.15. The average molecular weight is 506 g/mol. The predicted octanol–water partition coefficient (Wildman–Crippen LogP) is 3.54. The maximum Gasteiger partial charge on any atom is 0.274 e. The number of pyridine rings is 1. The lowest BCUT2D eigenvalue weighted by molar-refractivity contribution is 0.102. The number of aryl methyl sites for hydroxylation is 3. The molecule has 184 valence electrons. The number of imidazole rings is 1. The molecule has 1 aromatic carbocycles. The number of hydrogen-bond acceptors (Lipinski definition) is 8. The van der Waals surface area contributed by atoms with Crippen molar-refractivity contribution in [1.29, 1.82) is 0 Å². The number of hydrogen-bond donors (Lipinski definition) is 1. The standard InChI is InChI=1S/C24H23N7O4S/c1-13-6-7-17(23-26-16(4)35-29-23)10-19(13)27-24(32)20-11-25-21-9-8-18(12-30(20)21)22-14(2)28-31(15(22)3)36(5,33)34/h6-12H,1-5H3,(H,27,32). The molecule has 12 heteroatoms. The van der Waals surface area contributed by atoms with Gasteiger partial charge in [0.05, 0.1) is 23.8 Å². The number of amides is 1. The zero-order chi connectivity index (χ0) is 25.8. The van der Waals surface area contributed by atoms with Gasteiger partial charge in [0.1, 0.15) is 11.3 Å². The summed E-state index contributed by atoms with van der Waals surface area (Å²) >= 11 is 0. The quantitative estimate of drug-likeness (QED) is 0.383. The van der Waals surface area contributed by atoms with E-state index in [1.54, 1.807) is 43.5 Å². The van der Waals surface area contributed by atoms with Crippen LogP contribution in [0.5, 0.6) is 0 Å². The number of nitrogens with one attached hydrogen (secondary N) is 1. The van der Waals surface area contributed by atoms with Crippen molar-refractivity contribution >= 4 is 27.3 Å². The third-order valence-electron chi connectivity index (χ3n) is 5.86. The highest BCUT2D eigenvalue weighted by Gasteiger charge is 2.21. The van der Waals surface area contributed by atoms with Gasteiger partial charge in [-0.25, -0.2) is 13.4 Å². The normalized spacial score (nSPS) is 11.8. The Bertz CT molecular complexity index is 1760. The molecule has 0 fully saturated rings. The molecule has 4 aromatic heterocycles. The van der Waals surface area contributed by atoms with Crippen molar-refractivity contribution in [3.63, 3.8) is 0 Å². The van der Waals surface area contributed by atoms with Crippen molar-refractivity contribution in [2.24, 2.45) is 0 Å². The van der Waals surface area contributed by atoms with Crippen LogP contribution in [0.2, 0.25) is 0 Å². The Kier molecular flexibility index (Phi) is 5.47. The molecule has 0 spiro atoms. The van der Waals surface area contributed by atoms with Crippen LogP contribution >= 0.6 is 0 Å². The van der Waals surface area contributed by atoms with Gasteiger partial charge in [0.25, 0.3) is 15.9 Å². The molecule has 0 bridgehead atoms. The molecule has 5 aromatic rings. The Hall–Kier alpha value is -4.32. The van der Waals surface area contributed by atoms with Crippen LogP contribution in [0.25, 0.3) is 28.2 Å². The van der Waals surface area contributed by atoms with Crippen molar-refractivity contribution in [2.45, 2.75) is 27.7 Å². The molecule has 0 saturated carbocycles. The van der Waals surface area contributed by atoms with Gasteiger partial charge >= 0.3 is 0 Å². The number of rotatable bonds is 5. The van der Waals surface area contributed by atoms with Crippen LogP contribution in [0.4, 0.5) is 5.69 Å². The molecule has 0 aliphatic rings. The highest BCUT2D eigenvalue weighted by atomic mass is 32.2. The van der Waals surface area contributed by atoms with Crippen molar-refractivity contribution in [3.8, 4) is 22.5 Å². The predicted molar refractivity (Wildman–Crippen MR) is 133 cm³/mol. The third kappa shape index (κ3) is 4.05. The smallest absolute Gasteiger partial charge is 0.274 e. The van der Waals surface area contributed by atoms with Gasteiger partial charge in [-0.3, -0.25) is 9.20 Å². The molecule has 5 rings (SSSR count). The van der Waals surface area contributed by atoms with Gasteiger partial charge in [-0.15, -0.1) is 0 Å². The summed E-state index contributed by atoms with van der Waals surface area (Å²) in [7, 11) is -3.55. The molecule has 0 aliphatic carbocycles. The number of nitrogens with zero attached hydrogens (tertiary/aromatic N) is 6. The number of benzene rings is 1. The fraction of sp³-hybridized carbons (Fsp3) is 0.208. The minimum Gasteiger partial charge on any atom is -0.339 e. The molecule has 0 aliphatic heterocycles. The van der Waals surface area contributed by atoms with Crippen molar-refractivity contribution in [1.82, 2.24) is 28.7 Å². The lowest BCUT2D eigenvalue weighted by atomic mass is 10.1. The van der Waals surface area contributed by atoms with E-state index in [9.17, 15) is 13.2 Å². The second kappa shape index (κ2) is 8.41. The van der Waals surface area contributed by atoms with Crippen molar-refractivity contribution in [3.05, 3.63) is 71.3 Å². The first-order chi connectivity index (χ1) is 17.0. The zero-order valence-corrected chi connectivity index (χ0v) is 21.1. The number of fused-ring (bicyclic) bond motifs is 1. The van der Waals surface area contributed by atoms with E-state index in [-0.39, 0.29) is 5.91 Å². The minimum atomic E-state index is -3.55. The molecule has 11 nitrogen and oxygen atoms in total. The van der Waals surface area contributed by atoms with Crippen LogP contribution in [-0.2, 0) is 10.0 Å². The zero-order valence-electron chi connectivity index (χ0n) is 20.3. The van der Waals surface area contributed by atoms with E-state index in [0.29, 0.717) is 56.8 Å². The highest BCUT2D eigenvalue weighted by molar-refractivity contribution is 7.89. The summed E-state index contributed by atoms with van der Waals surface area (Å²) in [6, 6.07) is 9.12. The second-order valence-electron chi connectivity index (χ2n) is 8.56. The Morgan fingerprint density at radius 3 is 2.47 bits per heavy atom. The third-order valence-corrected chi connectivity index (χ3v) is 6.85. The summed E-state index contributed by atoms with van der Waals surface area (Å²) in [4.78, 5) is 21.9. The molecule has 1 N–H and O–H groups in total. The molecule has 0 saturated heterocycles. The maximum absolute atomic E-state index is 13.3. The lowest BCUT2D eigenvalue weighted by Crippen LogP contribution is -2.15. The van der Waals surface area contributed by atoms with E-state index in [1.165, 1.54) is 6.20 Å². The monoisotopic (exact) mass is 505 g/mol. The van der Waals surface area contributed by atoms with Crippen LogP contribution in [0.1, 0.15) is 33.3 Å². The fourth-order valence-corrected chi connectivity index (χ4v) is 5.01. The Morgan fingerprint density at radius 2 is 1.81 bits per heavy atom. The Labute approximate surface area is 206 Å². The molecule has 4 heterocycles. The van der Waals surface area contributed by atoms with Crippen LogP contribution in [-0.4, -0.2) is 49.3 Å². The van der Waals surface area contributed by atoms with Crippen LogP contribution in [0, 0.1) is 27.7 Å². The number of aromatic nitrogens is 6. The van der Waals surface area contributed by atoms with Gasteiger partial charge in [0.15, 0.2) is 0 Å². The van der Waals surface area contributed by atoms with Crippen molar-refractivity contribution in [2.75, 3.05) is 11.6 Å². The summed E-state index contributed by atoms with van der Waals surface area (Å²) < 4.78 is 32.0. The van der Waals surface area contributed by atoms with Crippen LogP contribution in [0.15, 0.2) is 47.2 Å². The minimum absolute atomic E-state index is 0.317. The highest BCUT2D eigenvalue weighted by Crippen LogP contribution is 2.29. The van der Waals surface area contributed by atoms with Gasteiger partial charge in [-0.2, -0.15) is 14.2 Å². The first-order valence-corrected chi connectivity index (χ1v) is 12.8. The summed E-state index contributed by atoms with van der Waals surface area (Å²) in [5, 5.41) is 11.1. The lowest BCUT2D eigenvalue weighted by Gasteiger charge is -2.10. The van der Waals surface area contributed by atoms with Gasteiger partial charge in [-0.1, -0.05) is 17.3 Å². The number of carbonyl (C=O) groups is 1.